The summed E-state index contributed by atoms with van der Waals surface area (Å²) in [5.41, 5.74) is 0. The normalized spacial score (nSPS) is 40.6. The topological polar surface area (TPSA) is 66.8 Å². The lowest BCUT2D eigenvalue weighted by Gasteiger charge is -2.34. The predicted molar refractivity (Wildman–Crippen MR) is 72.2 cm³/mol. The molecule has 0 spiro atoms. The van der Waals surface area contributed by atoms with Crippen LogP contribution in [0.2, 0.25) is 0 Å². The minimum atomic E-state index is -0.953. The maximum atomic E-state index is 12.7. The summed E-state index contributed by atoms with van der Waals surface area (Å²) in [6, 6.07) is 0.627. The highest BCUT2D eigenvalue weighted by atomic mass is 16.5. The average Bonchev–Trinajstić information content (AvgIpc) is 3.01. The van der Waals surface area contributed by atoms with Gasteiger partial charge in [0.15, 0.2) is 6.10 Å². The van der Waals surface area contributed by atoms with Crippen LogP contribution in [0.15, 0.2) is 0 Å². The summed E-state index contributed by atoms with van der Waals surface area (Å²) >= 11 is 0. The summed E-state index contributed by atoms with van der Waals surface area (Å²) in [5, 5.41) is 8.97. The largest absolute Gasteiger partial charge is 0.479 e. The van der Waals surface area contributed by atoms with E-state index in [0.29, 0.717) is 24.8 Å². The monoisotopic (exact) mass is 281 g/mol. The van der Waals surface area contributed by atoms with Gasteiger partial charge in [-0.2, -0.15) is 0 Å². The number of likely N-dealkylation sites (tertiary alicyclic amines) is 1. The molecule has 0 aromatic rings. The molecule has 5 atom stereocenters. The van der Waals surface area contributed by atoms with Crippen molar-refractivity contribution < 1.29 is 19.4 Å². The van der Waals surface area contributed by atoms with Crippen LogP contribution in [0.3, 0.4) is 0 Å². The van der Waals surface area contributed by atoms with Crippen LogP contribution in [0, 0.1) is 5.92 Å². The zero-order valence-corrected chi connectivity index (χ0v) is 12.0. The molecule has 5 nitrogen and oxygen atoms in total. The van der Waals surface area contributed by atoms with Gasteiger partial charge in [-0.05, 0) is 44.9 Å². The van der Waals surface area contributed by atoms with Crippen LogP contribution >= 0.6 is 0 Å². The van der Waals surface area contributed by atoms with Crippen molar-refractivity contribution in [1.82, 2.24) is 4.90 Å². The molecule has 1 amide bonds. The van der Waals surface area contributed by atoms with Gasteiger partial charge in [0.25, 0.3) is 5.91 Å². The number of carbonyl (C=O) groups is 2. The van der Waals surface area contributed by atoms with Crippen molar-refractivity contribution in [3.8, 4) is 0 Å². The summed E-state index contributed by atoms with van der Waals surface area (Å²) in [7, 11) is 0. The molecule has 2 saturated heterocycles. The predicted octanol–water partition coefficient (Wildman–Crippen LogP) is 1.80. The second-order valence-corrected chi connectivity index (χ2v) is 6.47. The Hall–Kier alpha value is -1.10. The Balaban J connectivity index is 1.69. The maximum Gasteiger partial charge on any atom is 0.332 e. The highest BCUT2D eigenvalue weighted by Gasteiger charge is 2.46. The fraction of sp³-hybridized carbons (Fsp3) is 0.867. The number of nitrogens with zero attached hydrogens (tertiary/aromatic N) is 1. The van der Waals surface area contributed by atoms with Crippen molar-refractivity contribution in [3.05, 3.63) is 0 Å². The van der Waals surface area contributed by atoms with Gasteiger partial charge in [-0.1, -0.05) is 12.8 Å². The number of carboxylic acids is 1. The van der Waals surface area contributed by atoms with E-state index < -0.39 is 18.2 Å². The van der Waals surface area contributed by atoms with Crippen LogP contribution in [0.4, 0.5) is 0 Å². The van der Waals surface area contributed by atoms with E-state index >= 15 is 0 Å². The number of aliphatic carboxylic acids is 1. The second kappa shape index (κ2) is 5.35. The Bertz CT molecular complexity index is 411. The number of rotatable bonds is 2. The Morgan fingerprint density at radius 1 is 1.10 bits per heavy atom. The van der Waals surface area contributed by atoms with Crippen LogP contribution in [-0.2, 0) is 14.3 Å². The van der Waals surface area contributed by atoms with Gasteiger partial charge in [0.05, 0.1) is 0 Å². The lowest BCUT2D eigenvalue weighted by Crippen LogP contribution is -2.47. The van der Waals surface area contributed by atoms with Crippen molar-refractivity contribution in [2.45, 2.75) is 76.2 Å². The molecule has 5 heteroatoms. The van der Waals surface area contributed by atoms with Crippen molar-refractivity contribution in [2.24, 2.45) is 5.92 Å². The first-order valence-electron chi connectivity index (χ1n) is 7.78. The second-order valence-electron chi connectivity index (χ2n) is 6.47. The first-order chi connectivity index (χ1) is 9.58. The van der Waals surface area contributed by atoms with Gasteiger partial charge >= 0.3 is 5.97 Å². The first kappa shape index (κ1) is 13.9. The van der Waals surface area contributed by atoms with Gasteiger partial charge in [-0.3, -0.25) is 4.79 Å². The van der Waals surface area contributed by atoms with Crippen molar-refractivity contribution >= 4 is 11.9 Å². The van der Waals surface area contributed by atoms with Gasteiger partial charge in [-0.15, -0.1) is 0 Å². The Morgan fingerprint density at radius 3 is 2.50 bits per heavy atom. The van der Waals surface area contributed by atoms with E-state index in [0.717, 1.165) is 12.8 Å². The molecule has 1 saturated carbocycles. The lowest BCUT2D eigenvalue weighted by atomic mass is 9.85. The molecular formula is C15H23NO4. The number of amides is 1. The molecule has 0 bridgehead atoms. The summed E-state index contributed by atoms with van der Waals surface area (Å²) in [6.07, 6.45) is 5.52. The quantitative estimate of drug-likeness (QED) is 0.838. The SMILES string of the molecule is CC1CC2CCCCC2N1C(=O)[C@@H]1CC[C@H](C(=O)O)O1. The van der Waals surface area contributed by atoms with Crippen LogP contribution < -0.4 is 0 Å². The molecule has 3 aliphatic rings. The molecule has 2 aliphatic heterocycles. The standard InChI is InChI=1S/C15H23NO4/c1-9-8-10-4-2-3-5-11(10)16(9)14(17)12-6-7-13(20-12)15(18)19/h9-13H,2-8H2,1H3,(H,18,19)/t9?,10?,11?,12-,13+/m0/s1. The number of hydrogen-bond acceptors (Lipinski definition) is 3. The summed E-state index contributed by atoms with van der Waals surface area (Å²) in [4.78, 5) is 25.6. The third-order valence-corrected chi connectivity index (χ3v) is 5.17. The maximum absolute atomic E-state index is 12.7. The van der Waals surface area contributed by atoms with Crippen LogP contribution in [0.1, 0.15) is 51.9 Å². The fourth-order valence-corrected chi connectivity index (χ4v) is 4.26. The first-order valence-corrected chi connectivity index (χ1v) is 7.78. The molecule has 2 heterocycles. The molecule has 20 heavy (non-hydrogen) atoms. The van der Waals surface area contributed by atoms with Gasteiger partial charge in [-0.25, -0.2) is 4.79 Å². The minimum absolute atomic E-state index is 0.0238. The van der Waals surface area contributed by atoms with E-state index in [-0.39, 0.29) is 11.9 Å². The van der Waals surface area contributed by atoms with E-state index in [1.54, 1.807) is 0 Å². The highest BCUT2D eigenvalue weighted by Crippen LogP contribution is 2.40. The van der Waals surface area contributed by atoms with Crippen LogP contribution in [0.25, 0.3) is 0 Å². The van der Waals surface area contributed by atoms with Crippen molar-refractivity contribution in [2.75, 3.05) is 0 Å². The summed E-state index contributed by atoms with van der Waals surface area (Å²) in [6.45, 7) is 2.11. The number of carboxylic acid groups (broad SMARTS) is 1. The Labute approximate surface area is 119 Å². The summed E-state index contributed by atoms with van der Waals surface area (Å²) in [5.74, 6) is -0.291. The van der Waals surface area contributed by atoms with E-state index in [1.807, 2.05) is 4.90 Å². The van der Waals surface area contributed by atoms with E-state index in [4.69, 9.17) is 9.84 Å². The average molecular weight is 281 g/mol. The molecule has 3 unspecified atom stereocenters. The zero-order chi connectivity index (χ0) is 14.3. The van der Waals surface area contributed by atoms with Crippen molar-refractivity contribution in [1.29, 1.82) is 0 Å². The Morgan fingerprint density at radius 2 is 1.80 bits per heavy atom. The molecule has 112 valence electrons. The lowest BCUT2D eigenvalue weighted by molar-refractivity contribution is -0.156. The van der Waals surface area contributed by atoms with Gasteiger partial charge < -0.3 is 14.7 Å². The van der Waals surface area contributed by atoms with Crippen molar-refractivity contribution in [3.63, 3.8) is 0 Å². The van der Waals surface area contributed by atoms with E-state index in [1.165, 1.54) is 19.3 Å². The molecule has 0 aromatic carbocycles. The minimum Gasteiger partial charge on any atom is -0.479 e. The van der Waals surface area contributed by atoms with Gasteiger partial charge in [0.1, 0.15) is 6.10 Å². The van der Waals surface area contributed by atoms with E-state index in [2.05, 4.69) is 6.92 Å². The zero-order valence-electron chi connectivity index (χ0n) is 12.0. The molecule has 0 aromatic heterocycles. The highest BCUT2D eigenvalue weighted by molar-refractivity contribution is 5.83. The van der Waals surface area contributed by atoms with Gasteiger partial charge in [0.2, 0.25) is 0 Å². The molecule has 3 rings (SSSR count). The smallest absolute Gasteiger partial charge is 0.332 e. The van der Waals surface area contributed by atoms with E-state index in [9.17, 15) is 9.59 Å². The molecule has 0 radical (unpaired) electrons. The fourth-order valence-electron chi connectivity index (χ4n) is 4.26. The summed E-state index contributed by atoms with van der Waals surface area (Å²) < 4.78 is 5.43. The molecule has 3 fully saturated rings. The van der Waals surface area contributed by atoms with Crippen LogP contribution in [0.5, 0.6) is 0 Å². The molecular weight excluding hydrogens is 258 g/mol. The Kier molecular flexibility index (Phi) is 3.71. The third kappa shape index (κ3) is 2.32. The van der Waals surface area contributed by atoms with Crippen LogP contribution in [-0.4, -0.2) is 46.2 Å². The molecule has 1 aliphatic carbocycles. The third-order valence-electron chi connectivity index (χ3n) is 5.17. The van der Waals surface area contributed by atoms with Gasteiger partial charge in [0, 0.05) is 12.1 Å². The number of fused-ring (bicyclic) bond motifs is 1. The molecule has 1 N–H and O–H groups in total. The number of ether oxygens (including phenoxy) is 1. The number of hydrogen-bond donors (Lipinski definition) is 1. The number of carbonyl (C=O) groups excluding carboxylic acids is 1.